The predicted molar refractivity (Wildman–Crippen MR) is 55.2 cm³/mol. The van der Waals surface area contributed by atoms with E-state index in [1.54, 1.807) is 0 Å². The molecule has 0 aromatic carbocycles. The second-order valence-electron chi connectivity index (χ2n) is 2.57. The highest BCUT2D eigenvalue weighted by Crippen LogP contribution is 1.84. The minimum Gasteiger partial charge on any atom is -0.315 e. The summed E-state index contributed by atoms with van der Waals surface area (Å²) < 4.78 is 0. The van der Waals surface area contributed by atoms with Crippen LogP contribution < -0.4 is 5.32 Å². The van der Waals surface area contributed by atoms with Crippen molar-refractivity contribution in [1.29, 1.82) is 0 Å². The van der Waals surface area contributed by atoms with Crippen molar-refractivity contribution in [3.8, 4) is 0 Å². The van der Waals surface area contributed by atoms with E-state index in [-0.39, 0.29) is 0 Å². The van der Waals surface area contributed by atoms with Crippen LogP contribution in [0.25, 0.3) is 0 Å². The van der Waals surface area contributed by atoms with Crippen LogP contribution in [0.3, 0.4) is 0 Å². The molecule has 0 aromatic rings. The Kier molecular flexibility index (Phi) is 8.72. The number of hydrogen-bond donors (Lipinski definition) is 1. The lowest BCUT2D eigenvalue weighted by molar-refractivity contribution is 0.303. The summed E-state index contributed by atoms with van der Waals surface area (Å²) in [6.45, 7) is 10.2. The molecule has 2 nitrogen and oxygen atoms in total. The molecule has 0 aromatic heterocycles. The number of likely N-dealkylation sites (N-methyl/N-ethyl adjacent to an activating group) is 1. The topological polar surface area (TPSA) is 15.3 Å². The lowest BCUT2D eigenvalue weighted by Gasteiger charge is -2.17. The van der Waals surface area contributed by atoms with Crippen LogP contribution in [-0.2, 0) is 0 Å². The molecule has 0 aliphatic carbocycles. The largest absolute Gasteiger partial charge is 0.315 e. The van der Waals surface area contributed by atoms with E-state index in [0.717, 1.165) is 19.3 Å². The van der Waals surface area contributed by atoms with Crippen molar-refractivity contribution in [1.82, 2.24) is 10.2 Å². The number of hydrogen-bond acceptors (Lipinski definition) is 2. The average Bonchev–Trinajstić information content (AvgIpc) is 2.05. The molecule has 1 N–H and O–H groups in total. The number of nitrogens with one attached hydrogen (secondary N) is 1. The van der Waals surface area contributed by atoms with Gasteiger partial charge in [0.1, 0.15) is 0 Å². The first kappa shape index (κ1) is 11.4. The van der Waals surface area contributed by atoms with Crippen molar-refractivity contribution in [3.63, 3.8) is 0 Å². The van der Waals surface area contributed by atoms with Crippen molar-refractivity contribution in [3.05, 3.63) is 0 Å². The van der Waals surface area contributed by atoms with E-state index in [2.05, 4.69) is 33.3 Å². The summed E-state index contributed by atoms with van der Waals surface area (Å²) in [7, 11) is 2.72. The molecule has 0 amide bonds. The van der Waals surface area contributed by atoms with Gasteiger partial charge in [-0.3, -0.25) is 0 Å². The van der Waals surface area contributed by atoms with Crippen LogP contribution >= 0.6 is 9.24 Å². The fourth-order valence-electron chi connectivity index (χ4n) is 1.00. The summed E-state index contributed by atoms with van der Waals surface area (Å²) in [6, 6.07) is 0. The molecule has 0 aliphatic rings. The van der Waals surface area contributed by atoms with Crippen LogP contribution in [0.1, 0.15) is 13.8 Å². The van der Waals surface area contributed by atoms with E-state index in [1.807, 2.05) is 0 Å². The monoisotopic (exact) mass is 176 g/mol. The zero-order valence-electron chi connectivity index (χ0n) is 7.77. The first-order valence-electron chi connectivity index (χ1n) is 4.48. The molecule has 0 aliphatic heterocycles. The molecule has 0 fully saturated rings. The molecular weight excluding hydrogens is 155 g/mol. The van der Waals surface area contributed by atoms with Gasteiger partial charge in [0.05, 0.1) is 0 Å². The Hall–Kier alpha value is 0.350. The van der Waals surface area contributed by atoms with E-state index in [4.69, 9.17) is 0 Å². The summed E-state index contributed by atoms with van der Waals surface area (Å²) >= 11 is 0. The minimum atomic E-state index is 1.12. The van der Waals surface area contributed by atoms with E-state index in [1.165, 1.54) is 19.6 Å². The lowest BCUT2D eigenvalue weighted by Crippen LogP contribution is -2.32. The van der Waals surface area contributed by atoms with Gasteiger partial charge in [-0.05, 0) is 25.8 Å². The first-order chi connectivity index (χ1) is 5.35. The third-order valence-electron chi connectivity index (χ3n) is 1.82. The van der Waals surface area contributed by atoms with E-state index >= 15 is 0 Å². The Morgan fingerprint density at radius 3 is 2.27 bits per heavy atom. The Balaban J connectivity index is 3.07. The quantitative estimate of drug-likeness (QED) is 0.456. The third-order valence-corrected chi connectivity index (χ3v) is 2.11. The van der Waals surface area contributed by atoms with Crippen molar-refractivity contribution >= 4 is 9.24 Å². The van der Waals surface area contributed by atoms with Gasteiger partial charge in [0.2, 0.25) is 0 Å². The number of nitrogens with zero attached hydrogens (tertiary/aromatic N) is 1. The van der Waals surface area contributed by atoms with Gasteiger partial charge in [-0.25, -0.2) is 0 Å². The van der Waals surface area contributed by atoms with Crippen LogP contribution in [-0.4, -0.2) is 43.8 Å². The molecule has 0 radical (unpaired) electrons. The van der Waals surface area contributed by atoms with Gasteiger partial charge in [-0.1, -0.05) is 13.8 Å². The molecule has 0 heterocycles. The molecule has 1 unspecified atom stereocenters. The maximum absolute atomic E-state index is 3.37. The summed E-state index contributed by atoms with van der Waals surface area (Å²) in [6.07, 6.45) is 1.15. The molecule has 0 saturated heterocycles. The standard InChI is InChI=1S/C8H21N2P/c1-3-10(4-2)7-5-9-6-8-11/h9H,3-8,11H2,1-2H3. The van der Waals surface area contributed by atoms with Gasteiger partial charge in [0, 0.05) is 13.1 Å². The molecule has 0 spiro atoms. The average molecular weight is 176 g/mol. The highest BCUT2D eigenvalue weighted by atomic mass is 31.0. The van der Waals surface area contributed by atoms with E-state index in [9.17, 15) is 0 Å². The molecule has 68 valence electrons. The second-order valence-corrected chi connectivity index (χ2v) is 3.14. The van der Waals surface area contributed by atoms with Crippen LogP contribution in [0, 0.1) is 0 Å². The molecule has 11 heavy (non-hydrogen) atoms. The van der Waals surface area contributed by atoms with Gasteiger partial charge >= 0.3 is 0 Å². The van der Waals surface area contributed by atoms with Crippen LogP contribution in [0.15, 0.2) is 0 Å². The van der Waals surface area contributed by atoms with Gasteiger partial charge in [-0.15, -0.1) is 9.24 Å². The second kappa shape index (κ2) is 8.45. The predicted octanol–water partition coefficient (Wildman–Crippen LogP) is 0.793. The Bertz CT molecular complexity index is 74.5. The summed E-state index contributed by atoms with van der Waals surface area (Å²) in [4.78, 5) is 2.43. The van der Waals surface area contributed by atoms with Gasteiger partial charge in [0.15, 0.2) is 0 Å². The first-order valence-corrected chi connectivity index (χ1v) is 5.29. The summed E-state index contributed by atoms with van der Waals surface area (Å²) in [5, 5.41) is 3.37. The SMILES string of the molecule is CCN(CC)CCNCCP. The van der Waals surface area contributed by atoms with Gasteiger partial charge in [-0.2, -0.15) is 0 Å². The fourth-order valence-corrected chi connectivity index (χ4v) is 1.21. The van der Waals surface area contributed by atoms with Crippen molar-refractivity contribution in [2.45, 2.75) is 13.8 Å². The normalized spacial score (nSPS) is 10.9. The van der Waals surface area contributed by atoms with E-state index < -0.39 is 0 Å². The zero-order chi connectivity index (χ0) is 8.53. The molecule has 0 bridgehead atoms. The Morgan fingerprint density at radius 2 is 1.82 bits per heavy atom. The number of rotatable bonds is 7. The smallest absolute Gasteiger partial charge is 0.0107 e. The van der Waals surface area contributed by atoms with Crippen LogP contribution in [0.5, 0.6) is 0 Å². The summed E-state index contributed by atoms with van der Waals surface area (Å²) in [5.41, 5.74) is 0. The maximum Gasteiger partial charge on any atom is 0.0107 e. The molecule has 1 atom stereocenters. The maximum atomic E-state index is 3.37. The molecular formula is C8H21N2P. The van der Waals surface area contributed by atoms with Gasteiger partial charge in [0.25, 0.3) is 0 Å². The Labute approximate surface area is 72.9 Å². The Morgan fingerprint density at radius 1 is 1.18 bits per heavy atom. The molecule has 3 heteroatoms. The molecule has 0 saturated carbocycles. The van der Waals surface area contributed by atoms with Crippen LogP contribution in [0.4, 0.5) is 0 Å². The van der Waals surface area contributed by atoms with Crippen molar-refractivity contribution < 1.29 is 0 Å². The van der Waals surface area contributed by atoms with Crippen molar-refractivity contribution in [2.24, 2.45) is 0 Å². The fraction of sp³-hybridized carbons (Fsp3) is 1.00. The highest BCUT2D eigenvalue weighted by molar-refractivity contribution is 7.16. The zero-order valence-corrected chi connectivity index (χ0v) is 8.92. The van der Waals surface area contributed by atoms with Crippen LogP contribution in [0.2, 0.25) is 0 Å². The highest BCUT2D eigenvalue weighted by Gasteiger charge is 1.95. The van der Waals surface area contributed by atoms with E-state index in [0.29, 0.717) is 0 Å². The molecule has 0 rings (SSSR count). The van der Waals surface area contributed by atoms with Gasteiger partial charge < -0.3 is 10.2 Å². The minimum absolute atomic E-state index is 1.12. The lowest BCUT2D eigenvalue weighted by atomic mass is 10.4. The third kappa shape index (κ3) is 6.74. The van der Waals surface area contributed by atoms with Crippen molar-refractivity contribution in [2.75, 3.05) is 38.9 Å². The summed E-state index contributed by atoms with van der Waals surface area (Å²) in [5.74, 6) is 0.